The Balaban J connectivity index is 1.10. The number of aliphatic hydroxyl groups excluding tert-OH is 2. The van der Waals surface area contributed by atoms with Gasteiger partial charge in [0.2, 0.25) is 20.0 Å². The summed E-state index contributed by atoms with van der Waals surface area (Å²) in [4.78, 5) is 0.299. The predicted molar refractivity (Wildman–Crippen MR) is 162 cm³/mol. The molecular formula is C29H39N5O8S2. The molecule has 3 aromatic rings. The summed E-state index contributed by atoms with van der Waals surface area (Å²) in [5, 5.41) is 27.1. The molecule has 2 aromatic carbocycles. The number of hydrogen-bond donors (Lipinski definition) is 4. The fourth-order valence-corrected chi connectivity index (χ4v) is 7.84. The van der Waals surface area contributed by atoms with E-state index in [1.807, 2.05) is 6.07 Å². The van der Waals surface area contributed by atoms with Crippen LogP contribution in [-0.2, 0) is 31.3 Å². The second-order valence-corrected chi connectivity index (χ2v) is 14.9. The van der Waals surface area contributed by atoms with Crippen molar-refractivity contribution in [1.29, 1.82) is 0 Å². The average Bonchev–Trinajstić information content (AvgIpc) is 3.67. The second kappa shape index (κ2) is 13.6. The molecule has 0 aliphatic carbocycles. The van der Waals surface area contributed by atoms with Crippen molar-refractivity contribution in [3.8, 4) is 16.9 Å². The van der Waals surface area contributed by atoms with E-state index in [2.05, 4.69) is 15.1 Å². The molecule has 2 aliphatic heterocycles. The highest BCUT2D eigenvalue weighted by atomic mass is 32.2. The molecule has 2 fully saturated rings. The number of benzene rings is 2. The van der Waals surface area contributed by atoms with Gasteiger partial charge in [0.15, 0.2) is 0 Å². The first kappa shape index (κ1) is 32.5. The van der Waals surface area contributed by atoms with Crippen molar-refractivity contribution in [3.05, 3.63) is 60.9 Å². The van der Waals surface area contributed by atoms with Crippen molar-refractivity contribution in [2.24, 2.45) is 0 Å². The number of ether oxygens (including phenoxy) is 2. The van der Waals surface area contributed by atoms with E-state index in [1.165, 1.54) is 23.5 Å². The molecule has 0 amide bonds. The maximum Gasteiger partial charge on any atom is 0.243 e. The smallest absolute Gasteiger partial charge is 0.243 e. The van der Waals surface area contributed by atoms with Crippen LogP contribution in [0, 0.1) is 0 Å². The third-order valence-electron chi connectivity index (χ3n) is 8.08. The number of nitrogens with one attached hydrogen (secondary N) is 2. The van der Waals surface area contributed by atoms with Gasteiger partial charge in [-0.15, -0.1) is 0 Å². The highest BCUT2D eigenvalue weighted by Crippen LogP contribution is 2.37. The first-order valence-electron chi connectivity index (χ1n) is 14.5. The van der Waals surface area contributed by atoms with Crippen molar-refractivity contribution in [2.75, 3.05) is 46.5 Å². The fourth-order valence-electron chi connectivity index (χ4n) is 5.58. The van der Waals surface area contributed by atoms with Crippen LogP contribution in [0.15, 0.2) is 70.7 Å². The first-order valence-corrected chi connectivity index (χ1v) is 17.4. The van der Waals surface area contributed by atoms with Crippen molar-refractivity contribution in [3.63, 3.8) is 0 Å². The van der Waals surface area contributed by atoms with Crippen LogP contribution in [0.4, 0.5) is 0 Å². The Morgan fingerprint density at radius 1 is 1.09 bits per heavy atom. The number of nitrogens with zero attached hydrogens (tertiary/aromatic N) is 3. The molecule has 44 heavy (non-hydrogen) atoms. The minimum absolute atomic E-state index is 0.000313. The van der Waals surface area contributed by atoms with Crippen LogP contribution in [-0.4, -0.2) is 105 Å². The molecule has 15 heteroatoms. The zero-order valence-electron chi connectivity index (χ0n) is 24.5. The maximum absolute atomic E-state index is 13.5. The number of sulfonamides is 2. The second-order valence-electron chi connectivity index (χ2n) is 11.1. The van der Waals surface area contributed by atoms with E-state index in [9.17, 15) is 21.9 Å². The Labute approximate surface area is 257 Å². The Morgan fingerprint density at radius 2 is 1.84 bits per heavy atom. The van der Waals surface area contributed by atoms with Gasteiger partial charge in [-0.25, -0.2) is 21.6 Å². The highest BCUT2D eigenvalue weighted by Gasteiger charge is 2.44. The molecule has 1 aromatic heterocycles. The zero-order chi connectivity index (χ0) is 31.4. The van der Waals surface area contributed by atoms with Gasteiger partial charge in [-0.2, -0.15) is 9.40 Å². The molecule has 1 spiro atoms. The monoisotopic (exact) mass is 649 g/mol. The molecule has 2 aliphatic rings. The summed E-state index contributed by atoms with van der Waals surface area (Å²) in [6.45, 7) is 1.70. The number of rotatable bonds is 13. The van der Waals surface area contributed by atoms with Gasteiger partial charge in [0.1, 0.15) is 18.5 Å². The summed E-state index contributed by atoms with van der Waals surface area (Å²) in [5.74, 6) is 0.339. The number of hydrogen-bond acceptors (Lipinski definition) is 10. The van der Waals surface area contributed by atoms with Crippen LogP contribution >= 0.6 is 0 Å². The molecule has 4 N–H and O–H groups in total. The quantitative estimate of drug-likeness (QED) is 0.208. The Morgan fingerprint density at radius 3 is 2.59 bits per heavy atom. The fraction of sp³-hybridized carbons (Fsp3) is 0.483. The summed E-state index contributed by atoms with van der Waals surface area (Å²) in [6, 6.07) is 12.9. The lowest BCUT2D eigenvalue weighted by Crippen LogP contribution is -2.47. The van der Waals surface area contributed by atoms with Gasteiger partial charge in [0.05, 0.1) is 41.3 Å². The number of aliphatic hydroxyl groups is 2. The summed E-state index contributed by atoms with van der Waals surface area (Å²) in [5.41, 5.74) is 1.09. The molecule has 5 rings (SSSR count). The van der Waals surface area contributed by atoms with Crippen molar-refractivity contribution in [2.45, 2.75) is 53.3 Å². The van der Waals surface area contributed by atoms with E-state index in [1.54, 1.807) is 47.4 Å². The largest absolute Gasteiger partial charge is 0.491 e. The molecule has 3 heterocycles. The van der Waals surface area contributed by atoms with Gasteiger partial charge in [-0.3, -0.25) is 4.68 Å². The summed E-state index contributed by atoms with van der Waals surface area (Å²) in [7, 11) is -5.97. The van der Waals surface area contributed by atoms with E-state index < -0.39 is 31.8 Å². The Hall–Kier alpha value is -2.89. The predicted octanol–water partition coefficient (Wildman–Crippen LogP) is 0.792. The molecule has 2 saturated heterocycles. The third kappa shape index (κ3) is 7.49. The van der Waals surface area contributed by atoms with Gasteiger partial charge in [0.25, 0.3) is 0 Å². The topological polar surface area (TPSA) is 172 Å². The van der Waals surface area contributed by atoms with E-state index in [4.69, 9.17) is 14.6 Å². The average molecular weight is 650 g/mol. The van der Waals surface area contributed by atoms with Crippen LogP contribution in [0.2, 0.25) is 0 Å². The Kier molecular flexibility index (Phi) is 10.1. The number of piperidine rings is 1. The molecule has 1 unspecified atom stereocenters. The van der Waals surface area contributed by atoms with Crippen LogP contribution in [0.25, 0.3) is 11.1 Å². The van der Waals surface area contributed by atoms with E-state index >= 15 is 0 Å². The van der Waals surface area contributed by atoms with Crippen molar-refractivity contribution >= 4 is 20.0 Å². The minimum Gasteiger partial charge on any atom is -0.491 e. The van der Waals surface area contributed by atoms with Gasteiger partial charge in [-0.05, 0) is 56.1 Å². The normalized spacial score (nSPS) is 19.8. The van der Waals surface area contributed by atoms with E-state index in [-0.39, 0.29) is 35.6 Å². The van der Waals surface area contributed by atoms with Crippen LogP contribution in [0.3, 0.4) is 0 Å². The van der Waals surface area contributed by atoms with Gasteiger partial charge in [0, 0.05) is 43.5 Å². The molecule has 0 saturated carbocycles. The minimum atomic E-state index is -3.71. The standard InChI is InChI=1S/C29H39N5O8S2/c1-30-43(37,38)27-6-3-5-26(15-27)41-21-25(36)18-31-24-16-29(42-20-24)8-10-34(11-9-29)44(39,40)28-7-2-4-22(14-28)23-17-32-33(19-23)12-13-35/h2-7,14-15,17,19,24-25,30-31,35-36H,8-13,16,18,20-21H2,1H3/t24?,25-/m0/s1. The summed E-state index contributed by atoms with van der Waals surface area (Å²) >= 11 is 0. The highest BCUT2D eigenvalue weighted by molar-refractivity contribution is 7.89. The van der Waals surface area contributed by atoms with E-state index in [0.717, 1.165) is 11.1 Å². The van der Waals surface area contributed by atoms with E-state index in [0.29, 0.717) is 51.3 Å². The SMILES string of the molecule is CNS(=O)(=O)c1cccc(OC[C@@H](O)CNC2COC3(CCN(S(=O)(=O)c4cccc(-c5cnn(CCO)c5)c4)CC3)C2)c1. The van der Waals surface area contributed by atoms with Crippen molar-refractivity contribution < 1.29 is 36.5 Å². The van der Waals surface area contributed by atoms with Gasteiger partial charge < -0.3 is 25.0 Å². The first-order chi connectivity index (χ1) is 21.0. The third-order valence-corrected chi connectivity index (χ3v) is 11.4. The maximum atomic E-state index is 13.5. The molecule has 0 bridgehead atoms. The number of aromatic nitrogens is 2. The zero-order valence-corrected chi connectivity index (χ0v) is 26.1. The lowest BCUT2D eigenvalue weighted by molar-refractivity contribution is -0.0312. The molecule has 240 valence electrons. The van der Waals surface area contributed by atoms with Crippen LogP contribution in [0.5, 0.6) is 5.75 Å². The Bertz CT molecular complexity index is 1640. The summed E-state index contributed by atoms with van der Waals surface area (Å²) < 4.78 is 68.2. The lowest BCUT2D eigenvalue weighted by atomic mass is 9.88. The summed E-state index contributed by atoms with van der Waals surface area (Å²) in [6.07, 6.45) is 4.43. The van der Waals surface area contributed by atoms with Crippen molar-refractivity contribution in [1.82, 2.24) is 24.1 Å². The molecular weight excluding hydrogens is 610 g/mol. The molecule has 0 radical (unpaired) electrons. The molecule has 2 atom stereocenters. The van der Waals surface area contributed by atoms with Gasteiger partial charge in [-0.1, -0.05) is 18.2 Å². The lowest BCUT2D eigenvalue weighted by Gasteiger charge is -2.38. The van der Waals surface area contributed by atoms with Crippen LogP contribution in [0.1, 0.15) is 19.3 Å². The van der Waals surface area contributed by atoms with Crippen LogP contribution < -0.4 is 14.8 Å². The van der Waals surface area contributed by atoms with Gasteiger partial charge >= 0.3 is 0 Å². The molecule has 13 nitrogen and oxygen atoms in total.